The van der Waals surface area contributed by atoms with E-state index in [1.807, 2.05) is 12.1 Å². The maximum absolute atomic E-state index is 10.5. The van der Waals surface area contributed by atoms with E-state index in [9.17, 15) is 10.0 Å². The number of hydrogen-bond acceptors (Lipinski definition) is 2. The Morgan fingerprint density at radius 1 is 1.36 bits per heavy atom. The van der Waals surface area contributed by atoms with Crippen molar-refractivity contribution < 1.29 is 15.1 Å². The molecule has 14 heavy (non-hydrogen) atoms. The van der Waals surface area contributed by atoms with Crippen molar-refractivity contribution in [1.82, 2.24) is 4.73 Å². The second-order valence-corrected chi connectivity index (χ2v) is 3.08. The fourth-order valence-electron chi connectivity index (χ4n) is 1.48. The Morgan fingerprint density at radius 2 is 2.07 bits per heavy atom. The smallest absolute Gasteiger partial charge is 0.309 e. The highest BCUT2D eigenvalue weighted by Crippen LogP contribution is 2.18. The summed E-state index contributed by atoms with van der Waals surface area (Å²) < 4.78 is 0.920. The summed E-state index contributed by atoms with van der Waals surface area (Å²) >= 11 is 0. The lowest BCUT2D eigenvalue weighted by atomic mass is 10.2. The summed E-state index contributed by atoms with van der Waals surface area (Å²) in [5.74, 6) is -0.955. The van der Waals surface area contributed by atoms with Crippen molar-refractivity contribution in [2.45, 2.75) is 6.42 Å². The lowest BCUT2D eigenvalue weighted by Crippen LogP contribution is -2.05. The number of carboxylic acid groups (broad SMARTS) is 1. The van der Waals surface area contributed by atoms with Crippen LogP contribution in [0.15, 0.2) is 30.3 Å². The van der Waals surface area contributed by atoms with Gasteiger partial charge in [0.25, 0.3) is 0 Å². The highest BCUT2D eigenvalue weighted by Gasteiger charge is 2.09. The molecule has 0 aliphatic rings. The van der Waals surface area contributed by atoms with Crippen LogP contribution in [0.1, 0.15) is 5.69 Å². The van der Waals surface area contributed by atoms with E-state index in [1.165, 1.54) is 0 Å². The van der Waals surface area contributed by atoms with Gasteiger partial charge in [0, 0.05) is 5.39 Å². The fourth-order valence-corrected chi connectivity index (χ4v) is 1.48. The number of para-hydroxylation sites is 1. The van der Waals surface area contributed by atoms with Crippen molar-refractivity contribution in [2.75, 3.05) is 0 Å². The van der Waals surface area contributed by atoms with Gasteiger partial charge in [-0.15, -0.1) is 0 Å². The molecule has 0 bridgehead atoms. The van der Waals surface area contributed by atoms with Gasteiger partial charge < -0.3 is 10.3 Å². The van der Waals surface area contributed by atoms with Gasteiger partial charge in [0.2, 0.25) is 0 Å². The Balaban J connectivity index is 2.57. The normalized spacial score (nSPS) is 10.6. The van der Waals surface area contributed by atoms with Crippen LogP contribution < -0.4 is 0 Å². The van der Waals surface area contributed by atoms with Gasteiger partial charge in [0.1, 0.15) is 0 Å². The minimum absolute atomic E-state index is 0.175. The number of nitrogens with zero attached hydrogens (tertiary/aromatic N) is 1. The van der Waals surface area contributed by atoms with Crippen molar-refractivity contribution in [3.8, 4) is 0 Å². The molecule has 0 unspecified atom stereocenters. The summed E-state index contributed by atoms with van der Waals surface area (Å²) in [4.78, 5) is 10.5. The monoisotopic (exact) mass is 191 g/mol. The summed E-state index contributed by atoms with van der Waals surface area (Å²) in [7, 11) is 0. The third kappa shape index (κ3) is 1.31. The van der Waals surface area contributed by atoms with Gasteiger partial charge in [-0.2, -0.15) is 4.73 Å². The maximum Gasteiger partial charge on any atom is 0.309 e. The number of fused-ring (bicyclic) bond motifs is 1. The Hall–Kier alpha value is -1.97. The number of aromatic nitrogens is 1. The number of hydrogen-bond donors (Lipinski definition) is 2. The lowest BCUT2D eigenvalue weighted by Gasteiger charge is -1.98. The van der Waals surface area contributed by atoms with Crippen LogP contribution in [0.5, 0.6) is 0 Å². The fraction of sp³-hybridized carbons (Fsp3) is 0.100. The Morgan fingerprint density at radius 3 is 2.71 bits per heavy atom. The minimum Gasteiger partial charge on any atom is -0.481 e. The van der Waals surface area contributed by atoms with Gasteiger partial charge in [-0.25, -0.2) is 0 Å². The van der Waals surface area contributed by atoms with Crippen LogP contribution in [0, 0.1) is 0 Å². The Bertz CT molecular complexity index is 487. The molecule has 0 amide bonds. The zero-order chi connectivity index (χ0) is 10.1. The largest absolute Gasteiger partial charge is 0.481 e. The molecule has 0 aliphatic carbocycles. The van der Waals surface area contributed by atoms with E-state index in [1.54, 1.807) is 18.2 Å². The van der Waals surface area contributed by atoms with Gasteiger partial charge in [0.05, 0.1) is 17.6 Å². The summed E-state index contributed by atoms with van der Waals surface area (Å²) in [6.07, 6.45) is -0.175. The first-order valence-corrected chi connectivity index (χ1v) is 4.19. The van der Waals surface area contributed by atoms with Gasteiger partial charge in [-0.3, -0.25) is 4.79 Å². The van der Waals surface area contributed by atoms with Crippen LogP contribution in [-0.2, 0) is 11.2 Å². The van der Waals surface area contributed by atoms with Crippen molar-refractivity contribution in [3.05, 3.63) is 36.0 Å². The second kappa shape index (κ2) is 3.06. The molecule has 4 heteroatoms. The van der Waals surface area contributed by atoms with Crippen LogP contribution in [0.2, 0.25) is 0 Å². The molecule has 1 aromatic heterocycles. The first-order chi connectivity index (χ1) is 6.68. The van der Waals surface area contributed by atoms with Crippen LogP contribution in [0.3, 0.4) is 0 Å². The van der Waals surface area contributed by atoms with E-state index < -0.39 is 5.97 Å². The number of rotatable bonds is 2. The standard InChI is InChI=1S/C10H9NO3/c12-10(13)6-8-5-7-3-1-2-4-9(7)11(8)14/h1-5,14H,6H2,(H,12,13). The SMILES string of the molecule is O=C(O)Cc1cc2ccccc2n1O. The van der Waals surface area contributed by atoms with E-state index in [2.05, 4.69) is 0 Å². The number of carbonyl (C=O) groups is 1. The number of aliphatic carboxylic acids is 1. The molecule has 72 valence electrons. The first-order valence-electron chi connectivity index (χ1n) is 4.19. The van der Waals surface area contributed by atoms with Crippen molar-refractivity contribution in [3.63, 3.8) is 0 Å². The average molecular weight is 191 g/mol. The summed E-state index contributed by atoms with van der Waals surface area (Å²) in [6, 6.07) is 8.87. The number of carboxylic acids is 1. The van der Waals surface area contributed by atoms with E-state index in [0.29, 0.717) is 11.2 Å². The molecule has 0 saturated heterocycles. The Labute approximate surface area is 80.0 Å². The van der Waals surface area contributed by atoms with Crippen molar-refractivity contribution >= 4 is 16.9 Å². The van der Waals surface area contributed by atoms with Crippen LogP contribution in [0.4, 0.5) is 0 Å². The quantitative estimate of drug-likeness (QED) is 0.707. The van der Waals surface area contributed by atoms with Gasteiger partial charge in [-0.1, -0.05) is 18.2 Å². The van der Waals surface area contributed by atoms with E-state index >= 15 is 0 Å². The van der Waals surface area contributed by atoms with E-state index in [4.69, 9.17) is 5.11 Å². The van der Waals surface area contributed by atoms with Gasteiger partial charge in [-0.05, 0) is 12.1 Å². The molecular weight excluding hydrogens is 182 g/mol. The molecular formula is C10H9NO3. The van der Waals surface area contributed by atoms with Crippen LogP contribution in [0.25, 0.3) is 10.9 Å². The average Bonchev–Trinajstić information content (AvgIpc) is 2.44. The molecule has 0 atom stereocenters. The minimum atomic E-state index is -0.955. The number of benzene rings is 1. The van der Waals surface area contributed by atoms with Gasteiger partial charge >= 0.3 is 5.97 Å². The molecule has 0 saturated carbocycles. The molecule has 2 N–H and O–H groups in total. The predicted molar refractivity (Wildman–Crippen MR) is 50.5 cm³/mol. The van der Waals surface area contributed by atoms with Gasteiger partial charge in [0.15, 0.2) is 0 Å². The highest BCUT2D eigenvalue weighted by molar-refractivity contribution is 5.82. The molecule has 0 aliphatic heterocycles. The zero-order valence-electron chi connectivity index (χ0n) is 7.34. The highest BCUT2D eigenvalue weighted by atomic mass is 16.5. The molecule has 1 aromatic carbocycles. The van der Waals surface area contributed by atoms with Crippen LogP contribution in [-0.4, -0.2) is 21.0 Å². The summed E-state index contributed by atoms with van der Waals surface area (Å²) in [6.45, 7) is 0. The molecule has 1 heterocycles. The van der Waals surface area contributed by atoms with E-state index in [0.717, 1.165) is 10.1 Å². The zero-order valence-corrected chi connectivity index (χ0v) is 7.34. The summed E-state index contributed by atoms with van der Waals surface area (Å²) in [5.41, 5.74) is 1.02. The molecule has 0 radical (unpaired) electrons. The van der Waals surface area contributed by atoms with Crippen LogP contribution >= 0.6 is 0 Å². The molecule has 0 spiro atoms. The molecule has 4 nitrogen and oxygen atoms in total. The Kier molecular flexibility index (Phi) is 1.89. The first kappa shape index (κ1) is 8.62. The predicted octanol–water partition coefficient (Wildman–Crippen LogP) is 1.51. The lowest BCUT2D eigenvalue weighted by molar-refractivity contribution is -0.136. The van der Waals surface area contributed by atoms with Crippen molar-refractivity contribution in [2.24, 2.45) is 0 Å². The second-order valence-electron chi connectivity index (χ2n) is 3.08. The van der Waals surface area contributed by atoms with Crippen molar-refractivity contribution in [1.29, 1.82) is 0 Å². The molecule has 2 rings (SSSR count). The molecule has 0 fully saturated rings. The summed E-state index contributed by atoms with van der Waals surface area (Å²) in [5, 5.41) is 19.0. The third-order valence-corrected chi connectivity index (χ3v) is 2.09. The third-order valence-electron chi connectivity index (χ3n) is 2.09. The molecule has 2 aromatic rings. The topological polar surface area (TPSA) is 62.5 Å². The van der Waals surface area contributed by atoms with E-state index in [-0.39, 0.29) is 6.42 Å². The maximum atomic E-state index is 10.5.